The first kappa shape index (κ1) is 21.2. The van der Waals surface area contributed by atoms with E-state index in [0.29, 0.717) is 31.2 Å². The molecule has 5 rings (SSSR count). The molecule has 1 aliphatic rings. The Bertz CT molecular complexity index is 1250. The third-order valence-corrected chi connectivity index (χ3v) is 6.26. The van der Waals surface area contributed by atoms with E-state index in [2.05, 4.69) is 10.6 Å². The van der Waals surface area contributed by atoms with Gasteiger partial charge in [-0.15, -0.1) is 0 Å². The second-order valence-corrected chi connectivity index (χ2v) is 8.48. The van der Waals surface area contributed by atoms with E-state index in [1.165, 1.54) is 12.1 Å². The molecule has 0 unspecified atom stereocenters. The highest BCUT2D eigenvalue weighted by atomic mass is 19.1. The number of rotatable bonds is 6. The second kappa shape index (κ2) is 9.45. The van der Waals surface area contributed by atoms with Crippen LogP contribution in [-0.2, 0) is 13.2 Å². The van der Waals surface area contributed by atoms with E-state index in [-0.39, 0.29) is 11.7 Å². The summed E-state index contributed by atoms with van der Waals surface area (Å²) in [6.45, 7) is 2.57. The predicted molar refractivity (Wildman–Crippen MR) is 126 cm³/mol. The van der Waals surface area contributed by atoms with Gasteiger partial charge in [-0.3, -0.25) is 4.79 Å². The van der Waals surface area contributed by atoms with Crippen LogP contribution in [0.1, 0.15) is 29.0 Å². The third kappa shape index (κ3) is 4.75. The summed E-state index contributed by atoms with van der Waals surface area (Å²) in [5.41, 5.74) is 2.47. The fourth-order valence-electron chi connectivity index (χ4n) is 4.48. The summed E-state index contributed by atoms with van der Waals surface area (Å²) < 4.78 is 21.8. The first-order valence-electron chi connectivity index (χ1n) is 11.3. The number of piperidine rings is 1. The van der Waals surface area contributed by atoms with Crippen LogP contribution in [0.15, 0.2) is 78.9 Å². The average molecular weight is 444 g/mol. The zero-order chi connectivity index (χ0) is 22.6. The smallest absolute Gasteiger partial charge is 0.253 e. The van der Waals surface area contributed by atoms with Crippen molar-refractivity contribution in [2.45, 2.75) is 26.0 Å². The van der Waals surface area contributed by atoms with E-state index < -0.39 is 0 Å². The Morgan fingerprint density at radius 2 is 1.73 bits per heavy atom. The number of ether oxygens (including phenoxy) is 1. The van der Waals surface area contributed by atoms with E-state index in [9.17, 15) is 9.18 Å². The lowest BCUT2D eigenvalue weighted by atomic mass is 9.96. The highest BCUT2D eigenvalue weighted by Crippen LogP contribution is 2.25. The quantitative estimate of drug-likeness (QED) is 0.406. The van der Waals surface area contributed by atoms with Crippen molar-refractivity contribution >= 4 is 16.9 Å². The maximum Gasteiger partial charge on any atom is 0.253 e. The summed E-state index contributed by atoms with van der Waals surface area (Å²) in [4.78, 5) is 19.4. The van der Waals surface area contributed by atoms with E-state index in [4.69, 9.17) is 9.72 Å². The molecule has 0 bridgehead atoms. The molecule has 1 aromatic heterocycles. The Morgan fingerprint density at radius 3 is 2.52 bits per heavy atom. The first-order chi connectivity index (χ1) is 16.2. The van der Waals surface area contributed by atoms with E-state index in [0.717, 1.165) is 42.0 Å². The van der Waals surface area contributed by atoms with Gasteiger partial charge in [-0.2, -0.15) is 0 Å². The van der Waals surface area contributed by atoms with Crippen molar-refractivity contribution in [3.63, 3.8) is 0 Å². The van der Waals surface area contributed by atoms with Gasteiger partial charge in [-0.05, 0) is 61.2 Å². The van der Waals surface area contributed by atoms with E-state index >= 15 is 0 Å². The molecule has 3 aromatic carbocycles. The molecule has 0 aliphatic carbocycles. The number of imidazole rings is 1. The molecule has 168 valence electrons. The Kier molecular flexibility index (Phi) is 6.07. The summed E-state index contributed by atoms with van der Waals surface area (Å²) in [6, 6.07) is 23.8. The third-order valence-electron chi connectivity index (χ3n) is 6.26. The normalized spacial score (nSPS) is 14.5. The molecular formula is C27H26FN3O2. The molecule has 0 spiro atoms. The number of carbonyl (C=O) groups excluding carboxylic acids is 1. The number of hydrogen-bond donors (Lipinski definition) is 0. The fourth-order valence-corrected chi connectivity index (χ4v) is 4.48. The first-order valence-corrected chi connectivity index (χ1v) is 11.3. The summed E-state index contributed by atoms with van der Waals surface area (Å²) in [5.74, 6) is 1.67. The second-order valence-electron chi connectivity index (χ2n) is 8.48. The number of hydrogen-bond acceptors (Lipinski definition) is 3. The van der Waals surface area contributed by atoms with Gasteiger partial charge < -0.3 is 14.2 Å². The molecule has 5 nitrogen and oxygen atoms in total. The Balaban J connectivity index is 1.28. The molecule has 1 aliphatic heterocycles. The molecule has 6 heteroatoms. The number of aromatic nitrogens is 2. The van der Waals surface area contributed by atoms with Crippen LogP contribution < -0.4 is 4.74 Å². The van der Waals surface area contributed by atoms with Gasteiger partial charge in [-0.1, -0.05) is 36.4 Å². The number of carbonyl (C=O) groups is 1. The summed E-state index contributed by atoms with van der Waals surface area (Å²) in [5, 5.41) is 0. The van der Waals surface area contributed by atoms with Crippen molar-refractivity contribution in [1.29, 1.82) is 0 Å². The van der Waals surface area contributed by atoms with Gasteiger partial charge in [0.25, 0.3) is 5.91 Å². The van der Waals surface area contributed by atoms with Gasteiger partial charge in [0.15, 0.2) is 0 Å². The summed E-state index contributed by atoms with van der Waals surface area (Å²) in [6.07, 6.45) is 1.79. The van der Waals surface area contributed by atoms with Crippen molar-refractivity contribution in [3.05, 3.63) is 96.1 Å². The average Bonchev–Trinajstić information content (AvgIpc) is 3.20. The van der Waals surface area contributed by atoms with E-state index in [1.54, 1.807) is 12.1 Å². The minimum absolute atomic E-state index is 0.0991. The van der Waals surface area contributed by atoms with Crippen molar-refractivity contribution in [3.8, 4) is 5.75 Å². The number of benzene rings is 3. The van der Waals surface area contributed by atoms with Crippen molar-refractivity contribution in [1.82, 2.24) is 14.5 Å². The van der Waals surface area contributed by atoms with Crippen molar-refractivity contribution in [2.24, 2.45) is 5.92 Å². The molecule has 0 atom stereocenters. The minimum atomic E-state index is -0.382. The molecular weight excluding hydrogens is 417 g/mol. The van der Waals surface area contributed by atoms with Gasteiger partial charge in [0.2, 0.25) is 0 Å². The Labute approximate surface area is 192 Å². The standard InChI is InChI=1S/C27H26FN3O2/c28-22-8-6-7-21(17-22)27(32)30-15-13-20(14-16-30)18-31-25-12-5-4-11-24(25)29-26(31)19-33-23-9-2-1-3-10-23/h1-12,17,20H,13-16,18-19H2. The summed E-state index contributed by atoms with van der Waals surface area (Å²) in [7, 11) is 0. The number of fused-ring (bicyclic) bond motifs is 1. The Morgan fingerprint density at radius 1 is 0.970 bits per heavy atom. The lowest BCUT2D eigenvalue weighted by Crippen LogP contribution is -2.39. The molecule has 0 N–H and O–H groups in total. The molecule has 0 saturated carbocycles. The van der Waals surface area contributed by atoms with Crippen LogP contribution in [0.2, 0.25) is 0 Å². The fraction of sp³-hybridized carbons (Fsp3) is 0.259. The number of halogens is 1. The molecule has 4 aromatic rings. The highest BCUT2D eigenvalue weighted by molar-refractivity contribution is 5.94. The van der Waals surface area contributed by atoms with Crippen LogP contribution >= 0.6 is 0 Å². The summed E-state index contributed by atoms with van der Waals surface area (Å²) >= 11 is 0. The van der Waals surface area contributed by atoms with Crippen LogP contribution in [-0.4, -0.2) is 33.4 Å². The SMILES string of the molecule is O=C(c1cccc(F)c1)N1CCC(Cn2c(COc3ccccc3)nc3ccccc32)CC1. The lowest BCUT2D eigenvalue weighted by Gasteiger charge is -2.32. The van der Waals surface area contributed by atoms with Crippen molar-refractivity contribution < 1.29 is 13.9 Å². The van der Waals surface area contributed by atoms with Gasteiger partial charge in [-0.25, -0.2) is 9.37 Å². The van der Waals surface area contributed by atoms with Crippen LogP contribution in [0.5, 0.6) is 5.75 Å². The molecule has 1 amide bonds. The number of amides is 1. The molecule has 2 heterocycles. The highest BCUT2D eigenvalue weighted by Gasteiger charge is 2.25. The number of para-hydroxylation sites is 3. The van der Waals surface area contributed by atoms with Gasteiger partial charge in [0.05, 0.1) is 11.0 Å². The molecule has 1 fully saturated rings. The van der Waals surface area contributed by atoms with Crippen molar-refractivity contribution in [2.75, 3.05) is 13.1 Å². The van der Waals surface area contributed by atoms with Gasteiger partial charge >= 0.3 is 0 Å². The lowest BCUT2D eigenvalue weighted by molar-refractivity contribution is 0.0682. The van der Waals surface area contributed by atoms with Crippen LogP contribution in [0, 0.1) is 11.7 Å². The number of likely N-dealkylation sites (tertiary alicyclic amines) is 1. The zero-order valence-corrected chi connectivity index (χ0v) is 18.4. The topological polar surface area (TPSA) is 47.4 Å². The van der Waals surface area contributed by atoms with Crippen LogP contribution in [0.25, 0.3) is 11.0 Å². The number of nitrogens with zero attached hydrogens (tertiary/aromatic N) is 3. The van der Waals surface area contributed by atoms with Gasteiger partial charge in [0.1, 0.15) is 24.0 Å². The largest absolute Gasteiger partial charge is 0.486 e. The zero-order valence-electron chi connectivity index (χ0n) is 18.4. The maximum atomic E-state index is 13.5. The molecule has 1 saturated heterocycles. The van der Waals surface area contributed by atoms with E-state index in [1.807, 2.05) is 53.4 Å². The monoisotopic (exact) mass is 443 g/mol. The Hall–Kier alpha value is -3.67. The van der Waals surface area contributed by atoms with Gasteiger partial charge in [0, 0.05) is 25.2 Å². The maximum absolute atomic E-state index is 13.5. The minimum Gasteiger partial charge on any atom is -0.486 e. The predicted octanol–water partition coefficient (Wildman–Crippen LogP) is 5.31. The molecule has 33 heavy (non-hydrogen) atoms. The van der Waals surface area contributed by atoms with Crippen LogP contribution in [0.3, 0.4) is 0 Å². The van der Waals surface area contributed by atoms with Crippen LogP contribution in [0.4, 0.5) is 4.39 Å². The molecule has 0 radical (unpaired) electrons.